The summed E-state index contributed by atoms with van der Waals surface area (Å²) in [5.74, 6) is 0.739. The van der Waals surface area contributed by atoms with Crippen LogP contribution in [0.5, 0.6) is 6.01 Å². The van der Waals surface area contributed by atoms with Crippen molar-refractivity contribution in [1.82, 2.24) is 19.8 Å². The monoisotopic (exact) mass is 621 g/mol. The fraction of sp³-hybridized carbons (Fsp3) is 0.500. The number of ether oxygens (including phenoxy) is 2. The molecule has 1 aromatic heterocycles. The topological polar surface area (TPSA) is 98.1 Å². The second kappa shape index (κ2) is 13.3. The number of morpholine rings is 1. The van der Waals surface area contributed by atoms with E-state index >= 15 is 0 Å². The van der Waals surface area contributed by atoms with E-state index in [2.05, 4.69) is 70.7 Å². The lowest BCUT2D eigenvalue weighted by Crippen LogP contribution is -2.55. The van der Waals surface area contributed by atoms with E-state index in [-0.39, 0.29) is 18.4 Å². The lowest BCUT2D eigenvalue weighted by atomic mass is 10.0. The normalized spacial score (nSPS) is 22.9. The number of anilines is 2. The molecule has 10 nitrogen and oxygen atoms in total. The number of amides is 1. The first-order valence-electron chi connectivity index (χ1n) is 16.7. The minimum atomic E-state index is -0.236. The van der Waals surface area contributed by atoms with Crippen LogP contribution >= 0.6 is 0 Å². The molecule has 3 fully saturated rings. The Bertz CT molecular complexity index is 1650. The van der Waals surface area contributed by atoms with E-state index in [1.54, 1.807) is 4.90 Å². The van der Waals surface area contributed by atoms with Crippen molar-refractivity contribution in [2.75, 3.05) is 62.3 Å². The summed E-state index contributed by atoms with van der Waals surface area (Å²) in [5.41, 5.74) is 4.61. The third-order valence-corrected chi connectivity index (χ3v) is 10.1. The highest BCUT2D eigenvalue weighted by Crippen LogP contribution is 2.35. The predicted molar refractivity (Wildman–Crippen MR) is 178 cm³/mol. The van der Waals surface area contributed by atoms with E-state index in [1.165, 1.54) is 28.1 Å². The van der Waals surface area contributed by atoms with Gasteiger partial charge in [-0.2, -0.15) is 15.2 Å². The minimum absolute atomic E-state index is 0.135. The zero-order valence-corrected chi connectivity index (χ0v) is 26.7. The number of nitrogens with zero attached hydrogens (tertiary/aromatic N) is 7. The maximum absolute atomic E-state index is 12.6. The van der Waals surface area contributed by atoms with Crippen LogP contribution in [-0.4, -0.2) is 96.3 Å². The van der Waals surface area contributed by atoms with Gasteiger partial charge in [-0.25, -0.2) is 0 Å². The van der Waals surface area contributed by atoms with E-state index < -0.39 is 0 Å². The molecular formula is C36H43N7O3. The molecule has 0 radical (unpaired) electrons. The number of hydrogen-bond acceptors (Lipinski definition) is 9. The molecule has 3 saturated heterocycles. The summed E-state index contributed by atoms with van der Waals surface area (Å²) in [7, 11) is 0. The van der Waals surface area contributed by atoms with Gasteiger partial charge in [-0.15, -0.1) is 0 Å². The first-order chi connectivity index (χ1) is 22.5. The minimum Gasteiger partial charge on any atom is -0.463 e. The number of benzene rings is 2. The second-order valence-electron chi connectivity index (χ2n) is 13.0. The lowest BCUT2D eigenvalue weighted by Gasteiger charge is -2.41. The molecule has 0 saturated carbocycles. The maximum Gasteiger partial charge on any atom is 0.318 e. The van der Waals surface area contributed by atoms with Gasteiger partial charge in [0.1, 0.15) is 5.82 Å². The molecule has 240 valence electrons. The van der Waals surface area contributed by atoms with Crippen molar-refractivity contribution >= 4 is 28.2 Å². The Morgan fingerprint density at radius 2 is 2.02 bits per heavy atom. The number of likely N-dealkylation sites (tertiary alicyclic amines) is 1. The number of aryl methyl sites for hydroxylation is 1. The third-order valence-electron chi connectivity index (χ3n) is 10.1. The molecule has 2 bridgehead atoms. The van der Waals surface area contributed by atoms with Gasteiger partial charge < -0.3 is 24.2 Å². The number of rotatable bonds is 9. The van der Waals surface area contributed by atoms with E-state index in [1.807, 2.05) is 0 Å². The Morgan fingerprint density at radius 1 is 1.15 bits per heavy atom. The molecule has 4 aliphatic heterocycles. The molecule has 10 heteroatoms. The van der Waals surface area contributed by atoms with Crippen LogP contribution in [0.4, 0.5) is 11.5 Å². The van der Waals surface area contributed by atoms with Gasteiger partial charge in [0.15, 0.2) is 0 Å². The highest BCUT2D eigenvalue weighted by Gasteiger charge is 2.38. The summed E-state index contributed by atoms with van der Waals surface area (Å²) in [6.07, 6.45) is 5.83. The highest BCUT2D eigenvalue weighted by atomic mass is 16.5. The molecule has 0 N–H and O–H groups in total. The van der Waals surface area contributed by atoms with E-state index in [0.29, 0.717) is 50.9 Å². The maximum atomic E-state index is 12.6. The summed E-state index contributed by atoms with van der Waals surface area (Å²) >= 11 is 0. The van der Waals surface area contributed by atoms with E-state index in [9.17, 15) is 10.1 Å². The molecule has 1 amide bonds. The number of carbonyl (C=O) groups excluding carboxylic acids is 1. The Labute approximate surface area is 271 Å². The molecule has 3 aromatic rings. The quantitative estimate of drug-likeness (QED) is 0.257. The van der Waals surface area contributed by atoms with Gasteiger partial charge in [0.25, 0.3) is 0 Å². The molecule has 2 aromatic carbocycles. The van der Waals surface area contributed by atoms with Crippen LogP contribution in [-0.2, 0) is 22.5 Å². The number of aromatic nitrogens is 2. The van der Waals surface area contributed by atoms with Crippen LogP contribution in [0.3, 0.4) is 0 Å². The van der Waals surface area contributed by atoms with Crippen molar-refractivity contribution in [2.24, 2.45) is 0 Å². The van der Waals surface area contributed by atoms with E-state index in [4.69, 9.17) is 19.4 Å². The van der Waals surface area contributed by atoms with Crippen molar-refractivity contribution in [1.29, 1.82) is 5.26 Å². The number of carbonyl (C=O) groups is 1. The summed E-state index contributed by atoms with van der Waals surface area (Å²) in [6.45, 7) is 12.4. The van der Waals surface area contributed by atoms with Crippen molar-refractivity contribution in [3.63, 3.8) is 0 Å². The molecule has 0 spiro atoms. The van der Waals surface area contributed by atoms with Crippen LogP contribution < -0.4 is 14.5 Å². The van der Waals surface area contributed by atoms with Crippen molar-refractivity contribution in [2.45, 2.75) is 63.8 Å². The first-order valence-corrected chi connectivity index (χ1v) is 16.7. The van der Waals surface area contributed by atoms with Gasteiger partial charge in [0.2, 0.25) is 5.91 Å². The standard InChI is InChI=1S/C36H43N7O3/c1-3-33(44)43-18-17-42(21-27(43)13-14-37)35-30-11-6-15-41(32-12-5-10-26-9-4-8-25(2)34(26)32)23-31(30)38-36(39-35)45-19-7-16-40-22-29-20-28(40)24-46-29/h3-5,8-10,12,27-29H,1,6-7,11,13,15-24H2,2H3/t27?,28-,29-/m0/s1. The van der Waals surface area contributed by atoms with Gasteiger partial charge in [-0.05, 0) is 55.7 Å². The molecule has 4 aliphatic rings. The summed E-state index contributed by atoms with van der Waals surface area (Å²) in [4.78, 5) is 31.7. The largest absolute Gasteiger partial charge is 0.463 e. The Morgan fingerprint density at radius 3 is 2.80 bits per heavy atom. The molecule has 3 atom stereocenters. The fourth-order valence-electron chi connectivity index (χ4n) is 7.81. The van der Waals surface area contributed by atoms with Crippen LogP contribution in [0.15, 0.2) is 49.1 Å². The highest BCUT2D eigenvalue weighted by molar-refractivity contribution is 5.97. The van der Waals surface area contributed by atoms with Gasteiger partial charge in [-0.1, -0.05) is 36.9 Å². The Kier molecular flexibility index (Phi) is 8.78. The third kappa shape index (κ3) is 6.02. The average molecular weight is 622 g/mol. The van der Waals surface area contributed by atoms with Crippen molar-refractivity contribution < 1.29 is 14.3 Å². The Hall–Kier alpha value is -4.20. The lowest BCUT2D eigenvalue weighted by molar-refractivity contribution is -0.128. The van der Waals surface area contributed by atoms with Gasteiger partial charge in [0, 0.05) is 61.9 Å². The smallest absolute Gasteiger partial charge is 0.318 e. The Balaban J connectivity index is 1.17. The SMILES string of the molecule is C=CC(=O)N1CCN(c2nc(OCCCN3C[C@@H]4C[C@H]3CO4)nc3c2CCCN(c2cccc4cccc(C)c24)C3)CC1CC#N. The second-order valence-corrected chi connectivity index (χ2v) is 13.0. The molecule has 0 aliphatic carbocycles. The molecule has 7 rings (SSSR count). The number of piperazine rings is 1. The summed E-state index contributed by atoms with van der Waals surface area (Å²) in [6, 6.07) is 16.0. The zero-order chi connectivity index (χ0) is 31.6. The van der Waals surface area contributed by atoms with Crippen LogP contribution in [0.2, 0.25) is 0 Å². The zero-order valence-electron chi connectivity index (χ0n) is 26.7. The van der Waals surface area contributed by atoms with Gasteiger partial charge in [-0.3, -0.25) is 9.69 Å². The molecular weight excluding hydrogens is 578 g/mol. The molecule has 5 heterocycles. The number of fused-ring (bicyclic) bond motifs is 4. The molecule has 46 heavy (non-hydrogen) atoms. The van der Waals surface area contributed by atoms with Crippen molar-refractivity contribution in [3.8, 4) is 12.1 Å². The van der Waals surface area contributed by atoms with Crippen LogP contribution in [0.1, 0.15) is 42.5 Å². The van der Waals surface area contributed by atoms with Crippen LogP contribution in [0.25, 0.3) is 10.8 Å². The van der Waals surface area contributed by atoms with Crippen LogP contribution in [0, 0.1) is 18.3 Å². The average Bonchev–Trinajstić information content (AvgIpc) is 3.63. The van der Waals surface area contributed by atoms with E-state index in [0.717, 1.165) is 69.0 Å². The summed E-state index contributed by atoms with van der Waals surface area (Å²) in [5, 5.41) is 12.1. The predicted octanol–water partition coefficient (Wildman–Crippen LogP) is 4.25. The number of hydrogen-bond donors (Lipinski definition) is 0. The summed E-state index contributed by atoms with van der Waals surface area (Å²) < 4.78 is 12.1. The van der Waals surface area contributed by atoms with Gasteiger partial charge >= 0.3 is 6.01 Å². The fourth-order valence-corrected chi connectivity index (χ4v) is 7.81. The molecule has 1 unspecified atom stereocenters. The van der Waals surface area contributed by atoms with Gasteiger partial charge in [0.05, 0.1) is 50.1 Å². The first kappa shape index (κ1) is 30.5. The number of nitriles is 1. The van der Waals surface area contributed by atoms with Crippen molar-refractivity contribution in [3.05, 3.63) is 65.9 Å².